The first-order valence-electron chi connectivity index (χ1n) is 5.86. The molecule has 1 unspecified atom stereocenters. The highest BCUT2D eigenvalue weighted by molar-refractivity contribution is 14.1. The van der Waals surface area contributed by atoms with E-state index >= 15 is 0 Å². The van der Waals surface area contributed by atoms with E-state index in [1.165, 1.54) is 6.07 Å². The highest BCUT2D eigenvalue weighted by Gasteiger charge is 2.27. The molecule has 94 valence electrons. The summed E-state index contributed by atoms with van der Waals surface area (Å²) in [6.45, 7) is 1.95. The van der Waals surface area contributed by atoms with Crippen LogP contribution < -0.4 is 5.73 Å². The second-order valence-electron chi connectivity index (χ2n) is 4.63. The lowest BCUT2D eigenvalue weighted by molar-refractivity contribution is 0.524. The fourth-order valence-corrected chi connectivity index (χ4v) is 2.96. The van der Waals surface area contributed by atoms with E-state index < -0.39 is 0 Å². The smallest absolute Gasteiger partial charge is 0.136 e. The molecule has 0 amide bonds. The van der Waals surface area contributed by atoms with E-state index in [9.17, 15) is 4.39 Å². The minimum atomic E-state index is -0.173. The highest BCUT2D eigenvalue weighted by atomic mass is 127. The largest absolute Gasteiger partial charge is 0.383 e. The zero-order valence-electron chi connectivity index (χ0n) is 9.95. The van der Waals surface area contributed by atoms with Gasteiger partial charge in [0.05, 0.1) is 15.3 Å². The number of nitrogens with two attached hydrogens (primary N) is 1. The maximum atomic E-state index is 13.2. The van der Waals surface area contributed by atoms with Crippen molar-refractivity contribution in [2.45, 2.75) is 25.8 Å². The van der Waals surface area contributed by atoms with E-state index in [-0.39, 0.29) is 11.9 Å². The molecule has 1 aliphatic rings. The molecule has 5 heteroatoms. The maximum Gasteiger partial charge on any atom is 0.136 e. The van der Waals surface area contributed by atoms with Crippen LogP contribution in [0.5, 0.6) is 0 Å². The number of nitrogens with zero attached hydrogens (tertiary/aromatic N) is 2. The Balaban J connectivity index is 2.09. The number of aryl methyl sites for hydroxylation is 2. The SMILES string of the molecule is Cc1nn(C2CCc3cc(F)ccc32)c(N)c1I. The minimum absolute atomic E-state index is 0.141. The Morgan fingerprint density at radius 3 is 2.94 bits per heavy atom. The van der Waals surface area contributed by atoms with Gasteiger partial charge in [0.1, 0.15) is 11.6 Å². The Morgan fingerprint density at radius 2 is 2.28 bits per heavy atom. The van der Waals surface area contributed by atoms with Gasteiger partial charge in [-0.1, -0.05) is 6.07 Å². The van der Waals surface area contributed by atoms with Crippen LogP contribution in [0, 0.1) is 16.3 Å². The fourth-order valence-electron chi connectivity index (χ4n) is 2.60. The molecule has 0 spiro atoms. The lowest BCUT2D eigenvalue weighted by Crippen LogP contribution is -2.12. The normalized spacial score (nSPS) is 18.1. The molecule has 1 atom stereocenters. The third kappa shape index (κ3) is 1.72. The molecule has 0 radical (unpaired) electrons. The molecular formula is C13H13FIN3. The van der Waals surface area contributed by atoms with Crippen LogP contribution >= 0.6 is 22.6 Å². The van der Waals surface area contributed by atoms with Crippen LogP contribution in [0.15, 0.2) is 18.2 Å². The Hall–Kier alpha value is -1.11. The van der Waals surface area contributed by atoms with Gasteiger partial charge in [0.2, 0.25) is 0 Å². The van der Waals surface area contributed by atoms with Crippen molar-refractivity contribution < 1.29 is 4.39 Å². The molecule has 18 heavy (non-hydrogen) atoms. The van der Waals surface area contributed by atoms with Gasteiger partial charge < -0.3 is 5.73 Å². The van der Waals surface area contributed by atoms with Gasteiger partial charge in [-0.25, -0.2) is 9.07 Å². The lowest BCUT2D eigenvalue weighted by Gasteiger charge is -2.14. The average Bonchev–Trinajstić information content (AvgIpc) is 2.85. The number of fused-ring (bicyclic) bond motifs is 1. The predicted molar refractivity (Wildman–Crippen MR) is 77.0 cm³/mol. The molecule has 0 saturated carbocycles. The number of rotatable bonds is 1. The van der Waals surface area contributed by atoms with Crippen molar-refractivity contribution in [1.29, 1.82) is 0 Å². The van der Waals surface area contributed by atoms with Gasteiger partial charge in [-0.2, -0.15) is 5.10 Å². The van der Waals surface area contributed by atoms with Crippen LogP contribution in [-0.4, -0.2) is 9.78 Å². The molecule has 0 fully saturated rings. The van der Waals surface area contributed by atoms with Crippen LogP contribution in [-0.2, 0) is 6.42 Å². The fraction of sp³-hybridized carbons (Fsp3) is 0.308. The molecule has 2 N–H and O–H groups in total. The quantitative estimate of drug-likeness (QED) is 0.798. The van der Waals surface area contributed by atoms with Gasteiger partial charge in [0.15, 0.2) is 0 Å². The summed E-state index contributed by atoms with van der Waals surface area (Å²) in [6, 6.07) is 5.12. The molecule has 0 aliphatic heterocycles. The number of aromatic nitrogens is 2. The van der Waals surface area contributed by atoms with Gasteiger partial charge in [-0.3, -0.25) is 0 Å². The van der Waals surface area contributed by atoms with Crippen LogP contribution in [0.2, 0.25) is 0 Å². The Kier molecular flexibility index (Phi) is 2.80. The molecule has 1 aromatic heterocycles. The monoisotopic (exact) mass is 357 g/mol. The molecule has 0 saturated heterocycles. The van der Waals surface area contributed by atoms with E-state index in [1.807, 2.05) is 17.7 Å². The topological polar surface area (TPSA) is 43.8 Å². The molecule has 1 heterocycles. The standard InChI is InChI=1S/C13H13FIN3/c1-7-12(15)13(16)18(17-7)11-5-2-8-6-9(14)3-4-10(8)11/h3-4,6,11H,2,5,16H2,1H3. The molecule has 0 bridgehead atoms. The van der Waals surface area contributed by atoms with Crippen LogP contribution in [0.1, 0.15) is 29.3 Å². The zero-order valence-corrected chi connectivity index (χ0v) is 12.1. The summed E-state index contributed by atoms with van der Waals surface area (Å²) in [7, 11) is 0. The van der Waals surface area contributed by atoms with Gasteiger partial charge in [0.25, 0.3) is 0 Å². The average molecular weight is 357 g/mol. The maximum absolute atomic E-state index is 13.2. The Labute approximate surface area is 118 Å². The summed E-state index contributed by atoms with van der Waals surface area (Å²) < 4.78 is 16.1. The van der Waals surface area contributed by atoms with E-state index in [2.05, 4.69) is 27.7 Å². The third-order valence-electron chi connectivity index (χ3n) is 3.49. The summed E-state index contributed by atoms with van der Waals surface area (Å²) in [5.74, 6) is 0.531. The van der Waals surface area contributed by atoms with E-state index in [0.29, 0.717) is 5.82 Å². The van der Waals surface area contributed by atoms with Gasteiger partial charge in [-0.05, 0) is 65.6 Å². The summed E-state index contributed by atoms with van der Waals surface area (Å²) in [6.07, 6.45) is 1.81. The first-order valence-corrected chi connectivity index (χ1v) is 6.94. The van der Waals surface area contributed by atoms with E-state index in [0.717, 1.165) is 33.2 Å². The van der Waals surface area contributed by atoms with E-state index in [1.54, 1.807) is 6.07 Å². The van der Waals surface area contributed by atoms with E-state index in [4.69, 9.17) is 5.73 Å². The number of nitrogen functional groups attached to an aromatic ring is 1. The Bertz CT molecular complexity index is 621. The lowest BCUT2D eigenvalue weighted by atomic mass is 10.1. The number of hydrogen-bond acceptors (Lipinski definition) is 2. The van der Waals surface area contributed by atoms with Crippen molar-refractivity contribution in [1.82, 2.24) is 9.78 Å². The molecule has 2 aromatic rings. The number of hydrogen-bond donors (Lipinski definition) is 1. The van der Waals surface area contributed by atoms with Crippen molar-refractivity contribution in [3.8, 4) is 0 Å². The van der Waals surface area contributed by atoms with Crippen molar-refractivity contribution in [2.75, 3.05) is 5.73 Å². The van der Waals surface area contributed by atoms with Gasteiger partial charge in [0, 0.05) is 0 Å². The van der Waals surface area contributed by atoms with Crippen molar-refractivity contribution >= 4 is 28.4 Å². The molecule has 1 aliphatic carbocycles. The highest BCUT2D eigenvalue weighted by Crippen LogP contribution is 2.36. The second-order valence-corrected chi connectivity index (χ2v) is 5.71. The summed E-state index contributed by atoms with van der Waals surface area (Å²) in [5, 5.41) is 4.50. The van der Waals surface area contributed by atoms with Crippen molar-refractivity contribution in [3.63, 3.8) is 0 Å². The number of anilines is 1. The summed E-state index contributed by atoms with van der Waals surface area (Å²) in [5.41, 5.74) is 9.25. The third-order valence-corrected chi connectivity index (χ3v) is 4.83. The molecule has 3 nitrogen and oxygen atoms in total. The zero-order chi connectivity index (χ0) is 12.9. The van der Waals surface area contributed by atoms with Crippen molar-refractivity contribution in [3.05, 3.63) is 44.4 Å². The van der Waals surface area contributed by atoms with Crippen LogP contribution in [0.25, 0.3) is 0 Å². The first kappa shape index (κ1) is 12.0. The summed E-state index contributed by atoms with van der Waals surface area (Å²) in [4.78, 5) is 0. The second kappa shape index (κ2) is 4.22. The van der Waals surface area contributed by atoms with Gasteiger partial charge >= 0.3 is 0 Å². The molecule has 1 aromatic carbocycles. The molecular weight excluding hydrogens is 344 g/mol. The van der Waals surface area contributed by atoms with Crippen LogP contribution in [0.4, 0.5) is 10.2 Å². The molecule has 3 rings (SSSR count). The summed E-state index contributed by atoms with van der Waals surface area (Å²) >= 11 is 2.21. The Morgan fingerprint density at radius 1 is 1.50 bits per heavy atom. The minimum Gasteiger partial charge on any atom is -0.383 e. The number of benzene rings is 1. The van der Waals surface area contributed by atoms with Crippen molar-refractivity contribution in [2.24, 2.45) is 0 Å². The first-order chi connectivity index (χ1) is 8.58. The van der Waals surface area contributed by atoms with Crippen LogP contribution in [0.3, 0.4) is 0 Å². The number of halogens is 2. The predicted octanol–water partition coefficient (Wildman–Crippen LogP) is 3.05. The van der Waals surface area contributed by atoms with Gasteiger partial charge in [-0.15, -0.1) is 0 Å².